The first-order valence-electron chi connectivity index (χ1n) is 22.7. The molecule has 0 heterocycles. The van der Waals surface area contributed by atoms with E-state index in [4.69, 9.17) is 43.2 Å². The smallest absolute Gasteiger partial charge is 0.296 e. The number of ether oxygens (including phenoxy) is 2. The fourth-order valence-electron chi connectivity index (χ4n) is 7.32. The highest BCUT2D eigenvalue weighted by atomic mass is 35.5. The first-order chi connectivity index (χ1) is 37.7. The molecule has 0 atom stereocenters. The van der Waals surface area contributed by atoms with Crippen LogP contribution < -0.4 is 20.1 Å². The minimum absolute atomic E-state index is 0.0369. The molecule has 0 bridgehead atoms. The number of nitrogens with zero attached hydrogens (tertiary/aromatic N) is 4. The van der Waals surface area contributed by atoms with Crippen molar-refractivity contribution in [3.63, 3.8) is 0 Å². The number of benzene rings is 7. The van der Waals surface area contributed by atoms with Crippen LogP contribution in [0.5, 0.6) is 23.0 Å². The van der Waals surface area contributed by atoms with Gasteiger partial charge in [-0.2, -0.15) is 16.8 Å². The van der Waals surface area contributed by atoms with Crippen LogP contribution in [0.1, 0.15) is 60.2 Å². The van der Waals surface area contributed by atoms with Gasteiger partial charge in [-0.15, -0.1) is 29.1 Å². The van der Waals surface area contributed by atoms with Gasteiger partial charge in [-0.05, 0) is 96.4 Å². The number of carbonyl (C=O) groups excluding carboxylic acids is 2. The Morgan fingerprint density at radius 2 is 1.22 bits per heavy atom. The number of halogens is 3. The van der Waals surface area contributed by atoms with Crippen molar-refractivity contribution in [2.75, 3.05) is 23.8 Å². The molecule has 2 amide bonds. The van der Waals surface area contributed by atoms with Crippen LogP contribution in [0.2, 0.25) is 10.0 Å². The van der Waals surface area contributed by atoms with Crippen LogP contribution in [0.3, 0.4) is 0 Å². The molecule has 0 aromatic heterocycles. The topological polar surface area (TPSA) is 353 Å². The summed E-state index contributed by atoms with van der Waals surface area (Å²) in [7, 11) is -10.2. The normalized spacial score (nSPS) is 12.0. The summed E-state index contributed by atoms with van der Waals surface area (Å²) in [6.07, 6.45) is 2.28. The van der Waals surface area contributed by atoms with Gasteiger partial charge in [0.25, 0.3) is 32.1 Å². The van der Waals surface area contributed by atoms with Gasteiger partial charge in [0.15, 0.2) is 11.5 Å². The Kier molecular flexibility index (Phi) is 20.0. The summed E-state index contributed by atoms with van der Waals surface area (Å²) in [5.41, 5.74) is -2.32. The SMILES string of the molecule is CCCCOc1cc(N=Nc2c(S(=O)(=O)O)cc3cc(SOOO)cc(NC(=O)c4cccc(Cl)c4Cl)c3c2O)c(OCCCC)cc1N=Nc1c(SOOO)cc2cc(S(=O)(=O)O)cc(NC(=O)c3ccc(F)cc3)c2c1O. The number of phenols is 2. The molecule has 0 aliphatic heterocycles. The summed E-state index contributed by atoms with van der Waals surface area (Å²) < 4.78 is 107. The van der Waals surface area contributed by atoms with Crippen LogP contribution in [-0.4, -0.2) is 71.7 Å². The Labute approximate surface area is 465 Å². The predicted molar refractivity (Wildman–Crippen MR) is 287 cm³/mol. The lowest BCUT2D eigenvalue weighted by molar-refractivity contribution is -0.432. The molecule has 0 saturated heterocycles. The Morgan fingerprint density at radius 3 is 1.80 bits per heavy atom. The number of phenolic OH excluding ortho intramolecular Hbond substituents is 2. The quantitative estimate of drug-likeness (QED) is 0.00696. The number of unbranched alkanes of at least 4 members (excludes halogenated alkanes) is 2. The second kappa shape index (κ2) is 26.4. The highest BCUT2D eigenvalue weighted by Gasteiger charge is 2.27. The van der Waals surface area contributed by atoms with Gasteiger partial charge in [0, 0.05) is 33.4 Å². The summed E-state index contributed by atoms with van der Waals surface area (Å²) >= 11 is 13.2. The van der Waals surface area contributed by atoms with Crippen LogP contribution in [0.15, 0.2) is 131 Å². The van der Waals surface area contributed by atoms with Crippen LogP contribution >= 0.6 is 47.3 Å². The fourth-order valence-corrected chi connectivity index (χ4v) is 9.86. The van der Waals surface area contributed by atoms with E-state index in [0.29, 0.717) is 37.7 Å². The maximum atomic E-state index is 13.7. The lowest BCUT2D eigenvalue weighted by Crippen LogP contribution is -2.13. The predicted octanol–water partition coefficient (Wildman–Crippen LogP) is 13.9. The molecule has 7 aromatic rings. The standard InChI is InChI=1S/C48H41Cl2FN6O18S4/c1-3-5-14-70-36-23-33(55-57-44-39(79(67,68)69)19-25-16-28(76-74-72-62)20-34(40(25)46(44)59)53-48(61)30-8-7-9-31(49)42(30)50)37(71-15-6-4-2)22-32(36)54-56-43-38(77-75-73-63)18-26-17-29(78(64,65)66)21-35(41(26)45(43)58)52-47(60)24-10-12-27(51)13-11-24/h7-13,16-23,58-59,62-63H,3-6,14-15H2,1-2H3,(H,52,60)(H,53,61)(H,64,65,66)(H,67,68,69). The molecule has 31 heteroatoms. The van der Waals surface area contributed by atoms with Crippen molar-refractivity contribution in [3.8, 4) is 23.0 Å². The van der Waals surface area contributed by atoms with Crippen LogP contribution in [-0.2, 0) is 39.0 Å². The molecular weight excluding hydrogens is 1170 g/mol. The van der Waals surface area contributed by atoms with Gasteiger partial charge in [-0.3, -0.25) is 18.7 Å². The Hall–Kier alpha value is -6.81. The van der Waals surface area contributed by atoms with Gasteiger partial charge in [-0.25, -0.2) is 14.9 Å². The molecule has 8 N–H and O–H groups in total. The lowest BCUT2D eigenvalue weighted by Gasteiger charge is -2.16. The third-order valence-corrected chi connectivity index (χ3v) is 14.7. The molecule has 416 valence electrons. The summed E-state index contributed by atoms with van der Waals surface area (Å²) in [6.45, 7) is 3.87. The van der Waals surface area contributed by atoms with Gasteiger partial charge in [-0.1, -0.05) is 66.0 Å². The summed E-state index contributed by atoms with van der Waals surface area (Å²) in [5.74, 6) is -4.27. The number of aromatic hydroxyl groups is 2. The van der Waals surface area contributed by atoms with E-state index in [1.807, 2.05) is 13.8 Å². The van der Waals surface area contributed by atoms with Crippen molar-refractivity contribution in [3.05, 3.63) is 118 Å². The van der Waals surface area contributed by atoms with E-state index >= 15 is 0 Å². The monoisotopic (exact) mass is 1210 g/mol. The zero-order valence-corrected chi connectivity index (χ0v) is 45.3. The maximum absolute atomic E-state index is 13.7. The number of amides is 2. The third-order valence-electron chi connectivity index (χ3n) is 11.0. The number of carbonyl (C=O) groups is 2. The fraction of sp³-hybridized carbons (Fsp3) is 0.167. The number of azo groups is 2. The largest absolute Gasteiger partial charge is 0.505 e. The van der Waals surface area contributed by atoms with E-state index in [1.54, 1.807) is 0 Å². The molecule has 79 heavy (non-hydrogen) atoms. The first-order valence-corrected chi connectivity index (χ1v) is 27.8. The van der Waals surface area contributed by atoms with Gasteiger partial charge in [0.2, 0.25) is 0 Å². The molecule has 7 aromatic carbocycles. The minimum atomic E-state index is -5.26. The van der Waals surface area contributed by atoms with Crippen LogP contribution in [0.25, 0.3) is 21.5 Å². The molecule has 0 fully saturated rings. The van der Waals surface area contributed by atoms with Crippen molar-refractivity contribution in [1.82, 2.24) is 0 Å². The molecule has 24 nitrogen and oxygen atoms in total. The molecule has 0 radical (unpaired) electrons. The number of rotatable bonds is 24. The van der Waals surface area contributed by atoms with E-state index in [-0.39, 0.29) is 112 Å². The highest BCUT2D eigenvalue weighted by molar-refractivity contribution is 7.95. The summed E-state index contributed by atoms with van der Waals surface area (Å²) in [4.78, 5) is 25.2. The van der Waals surface area contributed by atoms with Crippen LogP contribution in [0.4, 0.5) is 38.5 Å². The minimum Gasteiger partial charge on any atom is -0.505 e. The third kappa shape index (κ3) is 14.5. The molecule has 0 aliphatic rings. The molecule has 0 spiro atoms. The average Bonchev–Trinajstić information content (AvgIpc) is 3.45. The molecular formula is C48H41Cl2FN6O18S4. The van der Waals surface area contributed by atoms with Gasteiger partial charge >= 0.3 is 0 Å². The van der Waals surface area contributed by atoms with E-state index < -0.39 is 70.5 Å². The highest BCUT2D eigenvalue weighted by Crippen LogP contribution is 2.50. The zero-order chi connectivity index (χ0) is 57.2. The first kappa shape index (κ1) is 59.8. The number of hydrogen-bond donors (Lipinski definition) is 8. The Bertz CT molecular complexity index is 3770. The number of fused-ring (bicyclic) bond motifs is 2. The van der Waals surface area contributed by atoms with E-state index in [9.17, 15) is 50.1 Å². The van der Waals surface area contributed by atoms with Crippen LogP contribution in [0, 0.1) is 5.82 Å². The molecule has 0 saturated carbocycles. The maximum Gasteiger partial charge on any atom is 0.296 e. The van der Waals surface area contributed by atoms with E-state index in [0.717, 1.165) is 42.5 Å². The van der Waals surface area contributed by atoms with E-state index in [1.165, 1.54) is 48.5 Å². The molecule has 0 aliphatic carbocycles. The second-order valence-electron chi connectivity index (χ2n) is 16.3. The van der Waals surface area contributed by atoms with Crippen molar-refractivity contribution >= 4 is 135 Å². The van der Waals surface area contributed by atoms with Gasteiger partial charge in [0.1, 0.15) is 45.0 Å². The average molecular weight is 1210 g/mol. The number of hydrogen-bond acceptors (Lipinski definition) is 22. The zero-order valence-electron chi connectivity index (χ0n) is 40.5. The Balaban J connectivity index is 1.40. The lowest BCUT2D eigenvalue weighted by atomic mass is 10.1. The summed E-state index contributed by atoms with van der Waals surface area (Å²) in [6, 6.07) is 17.5. The Morgan fingerprint density at radius 1 is 0.658 bits per heavy atom. The van der Waals surface area contributed by atoms with Crippen molar-refractivity contribution < 1.29 is 88.9 Å². The summed E-state index contributed by atoms with van der Waals surface area (Å²) in [5, 5.41) is 70.5. The van der Waals surface area contributed by atoms with Crippen molar-refractivity contribution in [2.45, 2.75) is 59.1 Å². The molecule has 0 unspecified atom stereocenters. The van der Waals surface area contributed by atoms with E-state index in [2.05, 4.69) is 49.8 Å². The van der Waals surface area contributed by atoms with Gasteiger partial charge in [0.05, 0.1) is 74.1 Å². The number of anilines is 2. The van der Waals surface area contributed by atoms with Gasteiger partial charge < -0.3 is 30.3 Å². The second-order valence-corrected chi connectivity index (χ2v) is 21.4. The van der Waals surface area contributed by atoms with Crippen molar-refractivity contribution in [1.29, 1.82) is 0 Å². The molecule has 7 rings (SSSR count). The number of nitrogens with one attached hydrogen (secondary N) is 2. The van der Waals surface area contributed by atoms with Crippen molar-refractivity contribution in [2.24, 2.45) is 20.5 Å².